The highest BCUT2D eigenvalue weighted by molar-refractivity contribution is 7.19. The number of carbonyl (C=O) groups excluding carboxylic acids is 1. The minimum Gasteiger partial charge on any atom is -0.346 e. The number of hydrogen-bond donors (Lipinski definition) is 1. The predicted octanol–water partition coefficient (Wildman–Crippen LogP) is 7.37. The lowest BCUT2D eigenvalue weighted by molar-refractivity contribution is -0.137. The summed E-state index contributed by atoms with van der Waals surface area (Å²) in [6, 6.07) is 16.4. The summed E-state index contributed by atoms with van der Waals surface area (Å²) < 4.78 is 0. The molecule has 1 unspecified atom stereocenters. The zero-order valence-electron chi connectivity index (χ0n) is 24.9. The minimum absolute atomic E-state index is 0.320. The molecule has 1 aromatic carbocycles. The molecule has 0 radical (unpaired) electrons. The van der Waals surface area contributed by atoms with Gasteiger partial charge in [-0.1, -0.05) is 23.3 Å². The number of nitrogens with one attached hydrogen (secondary N) is 1. The third-order valence-electron chi connectivity index (χ3n) is 10.0. The summed E-state index contributed by atoms with van der Waals surface area (Å²) in [6.07, 6.45) is 8.79. The molecule has 0 saturated carbocycles. The number of nitrogens with zero attached hydrogens (tertiary/aromatic N) is 3. The first-order valence-corrected chi connectivity index (χ1v) is 16.3. The third-order valence-corrected chi connectivity index (χ3v) is 11.4. The number of amides is 1. The van der Waals surface area contributed by atoms with E-state index in [1.54, 1.807) is 11.3 Å². The summed E-state index contributed by atoms with van der Waals surface area (Å²) >= 11 is 1.78. The van der Waals surface area contributed by atoms with Crippen molar-refractivity contribution in [1.29, 1.82) is 0 Å². The Labute approximate surface area is 248 Å². The van der Waals surface area contributed by atoms with Crippen LogP contribution in [0.4, 0.5) is 0 Å². The van der Waals surface area contributed by atoms with E-state index in [4.69, 9.17) is 0 Å². The molecule has 6 heteroatoms. The summed E-state index contributed by atoms with van der Waals surface area (Å²) in [5.74, 6) is 0.835. The van der Waals surface area contributed by atoms with Gasteiger partial charge in [0.2, 0.25) is 5.91 Å². The molecule has 214 valence electrons. The fraction of sp³-hybridized carbons (Fsp3) is 0.486. The topological polar surface area (TPSA) is 52.2 Å². The van der Waals surface area contributed by atoms with Crippen molar-refractivity contribution in [3.8, 4) is 11.3 Å². The van der Waals surface area contributed by atoms with E-state index in [1.807, 2.05) is 12.3 Å². The number of benzene rings is 1. The molecule has 3 aromatic heterocycles. The Hall–Kier alpha value is -2.96. The molecule has 1 N–H and O–H groups in total. The van der Waals surface area contributed by atoms with Crippen LogP contribution in [0, 0.1) is 13.8 Å². The number of aromatic amines is 1. The molecule has 1 atom stereocenters. The fourth-order valence-corrected chi connectivity index (χ4v) is 8.99. The Morgan fingerprint density at radius 2 is 1.76 bits per heavy atom. The monoisotopic (exact) mass is 566 g/mol. The van der Waals surface area contributed by atoms with Crippen LogP contribution < -0.4 is 0 Å². The Balaban J connectivity index is 1.19. The van der Waals surface area contributed by atoms with Gasteiger partial charge in [-0.2, -0.15) is 0 Å². The van der Waals surface area contributed by atoms with E-state index in [2.05, 4.69) is 83.9 Å². The van der Waals surface area contributed by atoms with E-state index < -0.39 is 5.41 Å². The van der Waals surface area contributed by atoms with Crippen molar-refractivity contribution < 1.29 is 4.79 Å². The van der Waals surface area contributed by atoms with Crippen molar-refractivity contribution in [3.05, 3.63) is 75.9 Å². The van der Waals surface area contributed by atoms with Gasteiger partial charge in [-0.15, -0.1) is 11.3 Å². The standard InChI is InChI=1S/C35H42N4OS/c1-22-17-23(2)19-25(18-22)32-28(13-16-38-15-12-24(21-38)30-7-5-6-14-36-30)29-20-31(41-33(29)37-32)35(3,4)34(40)39-26-8-9-27(39)11-10-26/h5-7,14,17-20,24,26-27,37H,8-13,15-16,21H2,1-4H3. The average molecular weight is 567 g/mol. The van der Waals surface area contributed by atoms with E-state index in [9.17, 15) is 4.79 Å². The van der Waals surface area contributed by atoms with Gasteiger partial charge in [0.05, 0.1) is 11.1 Å². The van der Waals surface area contributed by atoms with E-state index in [-0.39, 0.29) is 0 Å². The fourth-order valence-electron chi connectivity index (χ4n) is 7.80. The van der Waals surface area contributed by atoms with Crippen LogP contribution in [0.25, 0.3) is 21.5 Å². The van der Waals surface area contributed by atoms with Crippen LogP contribution in [0.2, 0.25) is 0 Å². The first kappa shape index (κ1) is 26.9. The van der Waals surface area contributed by atoms with Crippen molar-refractivity contribution in [3.63, 3.8) is 0 Å². The van der Waals surface area contributed by atoms with E-state index in [0.29, 0.717) is 23.9 Å². The van der Waals surface area contributed by atoms with E-state index in [1.165, 1.54) is 80.8 Å². The van der Waals surface area contributed by atoms with Crippen molar-refractivity contribution in [2.24, 2.45) is 0 Å². The molecule has 1 amide bonds. The molecule has 0 spiro atoms. The molecule has 3 aliphatic rings. The van der Waals surface area contributed by atoms with Crippen LogP contribution in [0.5, 0.6) is 0 Å². The van der Waals surface area contributed by atoms with Crippen LogP contribution in [0.1, 0.15) is 79.1 Å². The molecule has 3 aliphatic heterocycles. The predicted molar refractivity (Wildman–Crippen MR) is 169 cm³/mol. The van der Waals surface area contributed by atoms with Gasteiger partial charge >= 0.3 is 0 Å². The summed E-state index contributed by atoms with van der Waals surface area (Å²) in [4.78, 5) is 29.6. The summed E-state index contributed by atoms with van der Waals surface area (Å²) in [7, 11) is 0. The molecular weight excluding hydrogens is 524 g/mol. The van der Waals surface area contributed by atoms with Crippen LogP contribution >= 0.6 is 11.3 Å². The van der Waals surface area contributed by atoms with Gasteiger partial charge in [0, 0.05) is 53.2 Å². The normalized spacial score (nSPS) is 22.8. The second kappa shape index (κ2) is 10.4. The number of aryl methyl sites for hydroxylation is 2. The molecule has 5 nitrogen and oxygen atoms in total. The Kier molecular flexibility index (Phi) is 6.82. The molecule has 2 bridgehead atoms. The number of rotatable bonds is 7. The maximum absolute atomic E-state index is 13.9. The summed E-state index contributed by atoms with van der Waals surface area (Å²) in [5.41, 5.74) is 7.17. The van der Waals surface area contributed by atoms with Gasteiger partial charge in [0.25, 0.3) is 0 Å². The van der Waals surface area contributed by atoms with Gasteiger partial charge in [-0.25, -0.2) is 0 Å². The quantitative estimate of drug-likeness (QED) is 0.254. The van der Waals surface area contributed by atoms with E-state index >= 15 is 0 Å². The number of carbonyl (C=O) groups is 1. The lowest BCUT2D eigenvalue weighted by atomic mass is 9.88. The number of hydrogen-bond acceptors (Lipinski definition) is 4. The number of pyridine rings is 1. The lowest BCUT2D eigenvalue weighted by Crippen LogP contribution is -2.45. The smallest absolute Gasteiger partial charge is 0.233 e. The molecule has 6 heterocycles. The number of fused-ring (bicyclic) bond motifs is 3. The van der Waals surface area contributed by atoms with Crippen LogP contribution in [0.15, 0.2) is 48.7 Å². The molecule has 0 aliphatic carbocycles. The lowest BCUT2D eigenvalue weighted by Gasteiger charge is -2.31. The number of aromatic nitrogens is 2. The maximum Gasteiger partial charge on any atom is 0.233 e. The van der Waals surface area contributed by atoms with Crippen molar-refractivity contribution >= 4 is 27.5 Å². The molecule has 4 aromatic rings. The van der Waals surface area contributed by atoms with Gasteiger partial charge in [-0.05, 0) is 114 Å². The van der Waals surface area contributed by atoms with Gasteiger partial charge in [0.15, 0.2) is 0 Å². The molecule has 3 saturated heterocycles. The first-order chi connectivity index (χ1) is 19.8. The van der Waals surface area contributed by atoms with Gasteiger partial charge in [0.1, 0.15) is 4.83 Å². The molecular formula is C35H42N4OS. The van der Waals surface area contributed by atoms with Crippen LogP contribution in [0.3, 0.4) is 0 Å². The zero-order chi connectivity index (χ0) is 28.3. The second-order valence-electron chi connectivity index (χ2n) is 13.3. The summed E-state index contributed by atoms with van der Waals surface area (Å²) in [5, 5.41) is 1.30. The number of thiophene rings is 1. The zero-order valence-corrected chi connectivity index (χ0v) is 25.7. The van der Waals surface area contributed by atoms with Crippen molar-refractivity contribution in [2.45, 2.75) is 89.6 Å². The number of H-pyrrole nitrogens is 1. The third kappa shape index (κ3) is 4.83. The number of likely N-dealkylation sites (tertiary alicyclic amines) is 1. The van der Waals surface area contributed by atoms with E-state index in [0.717, 1.165) is 26.1 Å². The Morgan fingerprint density at radius 3 is 2.44 bits per heavy atom. The van der Waals surface area contributed by atoms with Gasteiger partial charge in [-0.3, -0.25) is 9.78 Å². The second-order valence-corrected chi connectivity index (χ2v) is 14.4. The largest absolute Gasteiger partial charge is 0.346 e. The minimum atomic E-state index is -0.516. The molecule has 41 heavy (non-hydrogen) atoms. The van der Waals surface area contributed by atoms with Crippen molar-refractivity contribution in [1.82, 2.24) is 19.8 Å². The molecule has 7 rings (SSSR count). The highest BCUT2D eigenvalue weighted by Gasteiger charge is 2.47. The average Bonchev–Trinajstić information content (AvgIpc) is 3.78. The molecule has 3 fully saturated rings. The van der Waals surface area contributed by atoms with Crippen molar-refractivity contribution in [2.75, 3.05) is 19.6 Å². The summed E-state index contributed by atoms with van der Waals surface area (Å²) in [6.45, 7) is 11.9. The van der Waals surface area contributed by atoms with Crippen LogP contribution in [-0.2, 0) is 16.6 Å². The highest BCUT2D eigenvalue weighted by atomic mass is 32.1. The van der Waals surface area contributed by atoms with Crippen LogP contribution in [-0.4, -0.2) is 57.4 Å². The Morgan fingerprint density at radius 1 is 1.02 bits per heavy atom. The first-order valence-electron chi connectivity index (χ1n) is 15.5. The Bertz CT molecular complexity index is 1540. The van der Waals surface area contributed by atoms with Gasteiger partial charge < -0.3 is 14.8 Å². The highest BCUT2D eigenvalue weighted by Crippen LogP contribution is 2.44. The maximum atomic E-state index is 13.9. The SMILES string of the molecule is Cc1cc(C)cc(-c2[nH]c3sc(C(C)(C)C(=O)N4C5CCC4CC5)cc3c2CCN2CCC(c3ccccn3)C2)c1.